The zero-order valence-electron chi connectivity index (χ0n) is 11.9. The number of nitrogens with one attached hydrogen (secondary N) is 1. The fraction of sp³-hybridized carbons (Fsp3) is 0.357. The number of amides is 2. The highest BCUT2D eigenvalue weighted by Crippen LogP contribution is 2.29. The molecule has 0 aliphatic heterocycles. The van der Waals surface area contributed by atoms with E-state index in [0.29, 0.717) is 5.56 Å². The second-order valence-electron chi connectivity index (χ2n) is 4.83. The third-order valence-corrected chi connectivity index (χ3v) is 2.97. The largest absolute Gasteiger partial charge is 0.481 e. The summed E-state index contributed by atoms with van der Waals surface area (Å²) in [6.45, 7) is 0. The molecule has 0 saturated heterocycles. The predicted molar refractivity (Wildman–Crippen MR) is 73.1 cm³/mol. The van der Waals surface area contributed by atoms with Gasteiger partial charge in [-0.3, -0.25) is 14.4 Å². The smallest absolute Gasteiger partial charge is 0.416 e. The van der Waals surface area contributed by atoms with Gasteiger partial charge in [-0.05, 0) is 24.1 Å². The van der Waals surface area contributed by atoms with Gasteiger partial charge in [-0.2, -0.15) is 13.2 Å². The molecular formula is C14H15F3N2O4. The van der Waals surface area contributed by atoms with Crippen molar-refractivity contribution in [2.75, 3.05) is 0 Å². The standard InChI is InChI=1S/C14H15F3N2O4/c15-14(16,17)9-3-1-8(2-4-9)7-11(20)19-10(13(18)23)5-6-12(21)22/h1-4,10H,5-7H2,(H2,18,23)(H,19,20)(H,21,22)/t10-/m1/s1. The number of carbonyl (C=O) groups is 3. The maximum absolute atomic E-state index is 12.4. The average molecular weight is 332 g/mol. The molecule has 9 heteroatoms. The van der Waals surface area contributed by atoms with Crippen LogP contribution in [-0.4, -0.2) is 28.9 Å². The zero-order valence-corrected chi connectivity index (χ0v) is 11.9. The average Bonchev–Trinajstić information content (AvgIpc) is 2.42. The van der Waals surface area contributed by atoms with Crippen molar-refractivity contribution in [3.8, 4) is 0 Å². The van der Waals surface area contributed by atoms with Crippen molar-refractivity contribution in [1.29, 1.82) is 0 Å². The van der Waals surface area contributed by atoms with Crippen LogP contribution in [0.5, 0.6) is 0 Å². The monoisotopic (exact) mass is 332 g/mol. The van der Waals surface area contributed by atoms with Crippen molar-refractivity contribution in [1.82, 2.24) is 5.32 Å². The number of hydrogen-bond acceptors (Lipinski definition) is 3. The maximum Gasteiger partial charge on any atom is 0.416 e. The Balaban J connectivity index is 2.64. The van der Waals surface area contributed by atoms with Gasteiger partial charge in [0.2, 0.25) is 11.8 Å². The molecule has 0 aliphatic carbocycles. The van der Waals surface area contributed by atoms with Crippen LogP contribution < -0.4 is 11.1 Å². The number of hydrogen-bond donors (Lipinski definition) is 3. The highest BCUT2D eigenvalue weighted by Gasteiger charge is 2.30. The van der Waals surface area contributed by atoms with Gasteiger partial charge in [0.25, 0.3) is 0 Å². The van der Waals surface area contributed by atoms with Crippen LogP contribution in [0.25, 0.3) is 0 Å². The number of aliphatic carboxylic acids is 1. The van der Waals surface area contributed by atoms with E-state index in [0.717, 1.165) is 24.3 Å². The summed E-state index contributed by atoms with van der Waals surface area (Å²) in [5.74, 6) is -2.67. The van der Waals surface area contributed by atoms with E-state index in [1.165, 1.54) is 0 Å². The van der Waals surface area contributed by atoms with Gasteiger partial charge in [0.05, 0.1) is 12.0 Å². The molecule has 0 bridgehead atoms. The first-order chi connectivity index (χ1) is 10.6. The van der Waals surface area contributed by atoms with Crippen molar-refractivity contribution >= 4 is 17.8 Å². The molecule has 1 aromatic carbocycles. The number of nitrogens with two attached hydrogens (primary N) is 1. The minimum atomic E-state index is -4.46. The topological polar surface area (TPSA) is 109 Å². The van der Waals surface area contributed by atoms with Crippen LogP contribution in [0.3, 0.4) is 0 Å². The maximum atomic E-state index is 12.4. The summed E-state index contributed by atoms with van der Waals surface area (Å²) in [4.78, 5) is 33.4. The molecule has 0 aromatic heterocycles. The summed E-state index contributed by atoms with van der Waals surface area (Å²) in [6, 6.07) is 2.85. The number of primary amides is 1. The zero-order chi connectivity index (χ0) is 17.6. The van der Waals surface area contributed by atoms with Gasteiger partial charge in [0, 0.05) is 6.42 Å². The highest BCUT2D eigenvalue weighted by molar-refractivity contribution is 5.87. The van der Waals surface area contributed by atoms with E-state index in [-0.39, 0.29) is 19.3 Å². The molecule has 0 spiro atoms. The first-order valence-corrected chi connectivity index (χ1v) is 6.56. The van der Waals surface area contributed by atoms with Crippen molar-refractivity contribution in [2.45, 2.75) is 31.5 Å². The third-order valence-electron chi connectivity index (χ3n) is 2.97. The van der Waals surface area contributed by atoms with Crippen LogP contribution in [0, 0.1) is 0 Å². The van der Waals surface area contributed by atoms with Crippen molar-refractivity contribution in [2.24, 2.45) is 5.73 Å². The van der Waals surface area contributed by atoms with Crippen molar-refractivity contribution in [3.05, 3.63) is 35.4 Å². The van der Waals surface area contributed by atoms with Gasteiger partial charge >= 0.3 is 12.1 Å². The molecule has 1 rings (SSSR count). The Bertz CT molecular complexity index is 585. The van der Waals surface area contributed by atoms with E-state index in [1.54, 1.807) is 0 Å². The van der Waals surface area contributed by atoms with Gasteiger partial charge in [0.15, 0.2) is 0 Å². The molecule has 0 saturated carbocycles. The van der Waals surface area contributed by atoms with E-state index < -0.39 is 35.6 Å². The lowest BCUT2D eigenvalue weighted by Crippen LogP contribution is -2.45. The van der Waals surface area contributed by atoms with Crippen LogP contribution in [0.2, 0.25) is 0 Å². The first kappa shape index (κ1) is 18.5. The lowest BCUT2D eigenvalue weighted by Gasteiger charge is -2.14. The number of alkyl halides is 3. The molecule has 6 nitrogen and oxygen atoms in total. The summed E-state index contributed by atoms with van der Waals surface area (Å²) in [5.41, 5.74) is 4.54. The van der Waals surface area contributed by atoms with Gasteiger partial charge < -0.3 is 16.2 Å². The predicted octanol–water partition coefficient (Wildman–Crippen LogP) is 1.08. The summed E-state index contributed by atoms with van der Waals surface area (Å²) in [6.07, 6.45) is -5.23. The van der Waals surface area contributed by atoms with E-state index >= 15 is 0 Å². The fourth-order valence-corrected chi connectivity index (χ4v) is 1.80. The van der Waals surface area contributed by atoms with Crippen LogP contribution in [0.15, 0.2) is 24.3 Å². The number of benzene rings is 1. The fourth-order valence-electron chi connectivity index (χ4n) is 1.80. The normalized spacial score (nSPS) is 12.5. The van der Waals surface area contributed by atoms with Gasteiger partial charge in [0.1, 0.15) is 6.04 Å². The molecule has 0 unspecified atom stereocenters. The van der Waals surface area contributed by atoms with Gasteiger partial charge in [-0.1, -0.05) is 12.1 Å². The summed E-state index contributed by atoms with van der Waals surface area (Å²) in [5, 5.41) is 10.8. The molecule has 126 valence electrons. The lowest BCUT2D eigenvalue weighted by molar-refractivity contribution is -0.138. The van der Waals surface area contributed by atoms with E-state index in [2.05, 4.69) is 5.32 Å². The molecule has 0 heterocycles. The SMILES string of the molecule is NC(=O)[C@@H](CCC(=O)O)NC(=O)Cc1ccc(C(F)(F)F)cc1. The molecule has 2 amide bonds. The molecule has 0 aliphatic rings. The Morgan fingerprint density at radius 1 is 1.17 bits per heavy atom. The Hall–Kier alpha value is -2.58. The summed E-state index contributed by atoms with van der Waals surface area (Å²) in [7, 11) is 0. The van der Waals surface area contributed by atoms with Crippen molar-refractivity contribution in [3.63, 3.8) is 0 Å². The van der Waals surface area contributed by atoms with Crippen LogP contribution in [-0.2, 0) is 27.0 Å². The minimum Gasteiger partial charge on any atom is -0.481 e. The first-order valence-electron chi connectivity index (χ1n) is 6.56. The Kier molecular flexibility index (Phi) is 6.11. The van der Waals surface area contributed by atoms with E-state index in [1.807, 2.05) is 0 Å². The second-order valence-corrected chi connectivity index (χ2v) is 4.83. The molecule has 1 aromatic rings. The number of halogens is 3. The molecular weight excluding hydrogens is 317 g/mol. The van der Waals surface area contributed by atoms with Crippen LogP contribution in [0.4, 0.5) is 13.2 Å². The molecule has 1 atom stereocenters. The summed E-state index contributed by atoms with van der Waals surface area (Å²) >= 11 is 0. The molecule has 4 N–H and O–H groups in total. The van der Waals surface area contributed by atoms with Gasteiger partial charge in [-0.15, -0.1) is 0 Å². The number of rotatable bonds is 7. The molecule has 23 heavy (non-hydrogen) atoms. The third kappa shape index (κ3) is 6.37. The minimum absolute atomic E-state index is 0.163. The lowest BCUT2D eigenvalue weighted by atomic mass is 10.1. The van der Waals surface area contributed by atoms with E-state index in [4.69, 9.17) is 10.8 Å². The number of carboxylic acids is 1. The molecule has 0 radical (unpaired) electrons. The number of carbonyl (C=O) groups excluding carboxylic acids is 2. The Morgan fingerprint density at radius 2 is 1.74 bits per heavy atom. The Labute approximate surface area is 129 Å². The van der Waals surface area contributed by atoms with E-state index in [9.17, 15) is 27.6 Å². The molecule has 0 fully saturated rings. The van der Waals surface area contributed by atoms with Gasteiger partial charge in [-0.25, -0.2) is 0 Å². The van der Waals surface area contributed by atoms with Crippen molar-refractivity contribution < 1.29 is 32.7 Å². The second kappa shape index (κ2) is 7.61. The van der Waals surface area contributed by atoms with Crippen LogP contribution in [0.1, 0.15) is 24.0 Å². The Morgan fingerprint density at radius 3 is 2.17 bits per heavy atom. The number of carboxylic acid groups (broad SMARTS) is 1. The van der Waals surface area contributed by atoms with Crippen LogP contribution >= 0.6 is 0 Å². The summed E-state index contributed by atoms with van der Waals surface area (Å²) < 4.78 is 37.2. The highest BCUT2D eigenvalue weighted by atomic mass is 19.4. The quantitative estimate of drug-likeness (QED) is 0.694.